The maximum atomic E-state index is 10.8. The van der Waals surface area contributed by atoms with Crippen LogP contribution in [0.4, 0.5) is 0 Å². The fraction of sp³-hybridized carbons (Fsp3) is 0. The molecule has 0 saturated carbocycles. The molecule has 2 heterocycles. The Kier molecular flexibility index (Phi) is 5.06. The molecule has 114 valence electrons. The lowest BCUT2D eigenvalue weighted by molar-refractivity contribution is 0.0685. The van der Waals surface area contributed by atoms with Gasteiger partial charge in [0.2, 0.25) is 0 Å². The van der Waals surface area contributed by atoms with Gasteiger partial charge in [0, 0.05) is 18.6 Å². The Labute approximate surface area is 138 Å². The Hall–Kier alpha value is -1.62. The fourth-order valence-corrected chi connectivity index (χ4v) is 5.68. The maximum Gasteiger partial charge on any atom is 0.337 e. The zero-order valence-corrected chi connectivity index (χ0v) is 14.0. The third-order valence-corrected chi connectivity index (χ3v) is 7.74. The summed E-state index contributed by atoms with van der Waals surface area (Å²) in [6, 6.07) is 5.84. The standard InChI is InChI=1S/C12H8N2O4S4/c15-11(16)7-1-3-9(13-5-7)21-22(19,20)10-4-2-8(6-14-10)12(17)18/h1-6H,(H,15,16)(H,17,18). The van der Waals surface area contributed by atoms with Crippen LogP contribution in [0.1, 0.15) is 20.7 Å². The highest BCUT2D eigenvalue weighted by Gasteiger charge is 2.13. The summed E-state index contributed by atoms with van der Waals surface area (Å²) >= 11 is 10.8. The van der Waals surface area contributed by atoms with Crippen molar-refractivity contribution in [3.8, 4) is 0 Å². The third kappa shape index (κ3) is 3.97. The van der Waals surface area contributed by atoms with Crippen LogP contribution in [0.5, 0.6) is 0 Å². The van der Waals surface area contributed by atoms with Gasteiger partial charge in [0.05, 0.1) is 11.1 Å². The highest BCUT2D eigenvalue weighted by molar-refractivity contribution is 8.97. The second-order valence-corrected chi connectivity index (χ2v) is 12.7. The fourth-order valence-electron chi connectivity index (χ4n) is 1.37. The number of pyridine rings is 2. The first-order chi connectivity index (χ1) is 10.3. The Morgan fingerprint density at radius 1 is 0.955 bits per heavy atom. The second-order valence-electron chi connectivity index (χ2n) is 3.92. The van der Waals surface area contributed by atoms with Crippen LogP contribution >= 0.6 is 10.8 Å². The summed E-state index contributed by atoms with van der Waals surface area (Å²) in [6.45, 7) is 0. The molecule has 0 spiro atoms. The minimum Gasteiger partial charge on any atom is -0.478 e. The molecule has 0 atom stereocenters. The summed E-state index contributed by atoms with van der Waals surface area (Å²) in [7, 11) is 1.13. The lowest BCUT2D eigenvalue weighted by atomic mass is 10.3. The first-order valence-electron chi connectivity index (χ1n) is 5.63. The number of carbonyl (C=O) groups is 2. The van der Waals surface area contributed by atoms with Gasteiger partial charge in [-0.2, -0.15) is 0 Å². The largest absolute Gasteiger partial charge is 0.478 e. The van der Waals surface area contributed by atoms with E-state index >= 15 is 0 Å². The van der Waals surface area contributed by atoms with Gasteiger partial charge in [-0.05, 0) is 57.4 Å². The van der Waals surface area contributed by atoms with Crippen LogP contribution in [0, 0.1) is 0 Å². The van der Waals surface area contributed by atoms with Crippen molar-refractivity contribution in [1.29, 1.82) is 0 Å². The normalized spacial score (nSPS) is 11.1. The van der Waals surface area contributed by atoms with Crippen LogP contribution < -0.4 is 0 Å². The monoisotopic (exact) mass is 372 g/mol. The van der Waals surface area contributed by atoms with Crippen LogP contribution in [0.2, 0.25) is 0 Å². The molecule has 0 aromatic carbocycles. The highest BCUT2D eigenvalue weighted by atomic mass is 33.5. The number of nitrogens with zero attached hydrogens (tertiary/aromatic N) is 2. The lowest BCUT2D eigenvalue weighted by Gasteiger charge is -2.08. The van der Waals surface area contributed by atoms with Crippen LogP contribution in [0.15, 0.2) is 46.7 Å². The molecule has 0 aliphatic rings. The number of rotatable bonds is 5. The Morgan fingerprint density at radius 2 is 1.50 bits per heavy atom. The summed E-state index contributed by atoms with van der Waals surface area (Å²) in [5.74, 6) is -2.14. The van der Waals surface area contributed by atoms with E-state index in [4.69, 9.17) is 32.6 Å². The van der Waals surface area contributed by atoms with Crippen molar-refractivity contribution in [2.24, 2.45) is 0 Å². The Balaban J connectivity index is 2.23. The first-order valence-corrected chi connectivity index (χ1v) is 10.4. The molecule has 10 heteroatoms. The van der Waals surface area contributed by atoms with E-state index in [2.05, 4.69) is 9.97 Å². The molecular weight excluding hydrogens is 364 g/mol. The third-order valence-electron chi connectivity index (χ3n) is 2.42. The average molecular weight is 372 g/mol. The Bertz CT molecular complexity index is 817. The second kappa shape index (κ2) is 6.65. The molecule has 22 heavy (non-hydrogen) atoms. The molecule has 2 aromatic rings. The number of hydrogen-bond donors (Lipinski definition) is 2. The molecule has 0 unspecified atom stereocenters. The van der Waals surface area contributed by atoms with E-state index in [1.165, 1.54) is 36.7 Å². The summed E-state index contributed by atoms with van der Waals surface area (Å²) in [5.41, 5.74) is 0.125. The zero-order valence-electron chi connectivity index (χ0n) is 10.7. The van der Waals surface area contributed by atoms with E-state index in [1.807, 2.05) is 0 Å². The summed E-state index contributed by atoms with van der Waals surface area (Å²) in [5, 5.41) is 18.6. The molecule has 0 saturated heterocycles. The lowest BCUT2D eigenvalue weighted by Crippen LogP contribution is -2.01. The quantitative estimate of drug-likeness (QED) is 0.763. The Morgan fingerprint density at radius 3 is 1.91 bits per heavy atom. The molecule has 0 radical (unpaired) electrons. The predicted octanol–water partition coefficient (Wildman–Crippen LogP) is 2.02. The zero-order chi connectivity index (χ0) is 16.3. The van der Waals surface area contributed by atoms with Crippen molar-refractivity contribution in [2.45, 2.75) is 10.1 Å². The van der Waals surface area contributed by atoms with Crippen molar-refractivity contribution in [1.82, 2.24) is 9.97 Å². The molecule has 0 amide bonds. The van der Waals surface area contributed by atoms with Gasteiger partial charge in [-0.15, -0.1) is 0 Å². The van der Waals surface area contributed by atoms with Crippen LogP contribution in [-0.4, -0.2) is 32.1 Å². The maximum absolute atomic E-state index is 10.8. The number of carboxylic acids is 2. The van der Waals surface area contributed by atoms with Crippen molar-refractivity contribution >= 4 is 51.3 Å². The van der Waals surface area contributed by atoms with Gasteiger partial charge >= 0.3 is 11.9 Å². The molecule has 0 fully saturated rings. The summed E-state index contributed by atoms with van der Waals surface area (Å²) < 4.78 is 0. The van der Waals surface area contributed by atoms with Crippen molar-refractivity contribution in [3.05, 3.63) is 47.8 Å². The predicted molar refractivity (Wildman–Crippen MR) is 88.6 cm³/mol. The van der Waals surface area contributed by atoms with E-state index in [0.717, 1.165) is 10.8 Å². The van der Waals surface area contributed by atoms with E-state index in [9.17, 15) is 9.59 Å². The minimum absolute atomic E-state index is 0.0536. The minimum atomic E-state index is -2.22. The molecule has 0 aliphatic heterocycles. The van der Waals surface area contributed by atoms with Crippen LogP contribution in [0.25, 0.3) is 0 Å². The number of aromatic carboxylic acids is 2. The summed E-state index contributed by atoms with van der Waals surface area (Å²) in [6.07, 6.45) is 0.216. The smallest absolute Gasteiger partial charge is 0.337 e. The molecule has 2 aromatic heterocycles. The number of hydrogen-bond acceptors (Lipinski definition) is 7. The molecular formula is C12H8N2O4S4. The van der Waals surface area contributed by atoms with Gasteiger partial charge in [0.1, 0.15) is 10.1 Å². The van der Waals surface area contributed by atoms with E-state index in [0.29, 0.717) is 10.1 Å². The summed E-state index contributed by atoms with van der Waals surface area (Å²) in [4.78, 5) is 29.6. The van der Waals surface area contributed by atoms with Gasteiger partial charge in [-0.3, -0.25) is 0 Å². The van der Waals surface area contributed by atoms with Crippen molar-refractivity contribution in [2.75, 3.05) is 0 Å². The van der Waals surface area contributed by atoms with Crippen LogP contribution in [-0.2, 0) is 28.6 Å². The molecule has 2 rings (SSSR count). The van der Waals surface area contributed by atoms with Gasteiger partial charge in [-0.25, -0.2) is 19.6 Å². The van der Waals surface area contributed by atoms with Gasteiger partial charge in [0.25, 0.3) is 0 Å². The van der Waals surface area contributed by atoms with Gasteiger partial charge in [-0.1, -0.05) is 0 Å². The van der Waals surface area contributed by atoms with Crippen molar-refractivity contribution < 1.29 is 19.8 Å². The topological polar surface area (TPSA) is 100 Å². The first kappa shape index (κ1) is 16.7. The number of carboxylic acid groups (broad SMARTS) is 2. The molecule has 6 nitrogen and oxygen atoms in total. The molecule has 0 aliphatic carbocycles. The molecule has 2 N–H and O–H groups in total. The van der Waals surface area contributed by atoms with Crippen molar-refractivity contribution in [3.63, 3.8) is 0 Å². The van der Waals surface area contributed by atoms with Crippen LogP contribution in [0.3, 0.4) is 0 Å². The highest BCUT2D eigenvalue weighted by Crippen LogP contribution is 2.29. The van der Waals surface area contributed by atoms with Gasteiger partial charge < -0.3 is 10.2 Å². The molecule has 0 bridgehead atoms. The number of aromatic nitrogens is 2. The van der Waals surface area contributed by atoms with E-state index in [-0.39, 0.29) is 11.1 Å². The average Bonchev–Trinajstić information content (AvgIpc) is 2.47. The van der Waals surface area contributed by atoms with Gasteiger partial charge in [0.15, 0.2) is 0 Å². The van der Waals surface area contributed by atoms with E-state index in [1.54, 1.807) is 0 Å². The SMILES string of the molecule is O=C(O)c1ccc(SS(=S)(=S)c2ccc(C(=O)O)cn2)nc1. The van der Waals surface area contributed by atoms with E-state index < -0.39 is 18.1 Å².